The van der Waals surface area contributed by atoms with Gasteiger partial charge < -0.3 is 4.90 Å². The lowest BCUT2D eigenvalue weighted by Crippen LogP contribution is -2.60. The summed E-state index contributed by atoms with van der Waals surface area (Å²) in [5.74, 6) is 0.187. The number of nitrogens with zero attached hydrogens (tertiary/aromatic N) is 2. The summed E-state index contributed by atoms with van der Waals surface area (Å²) in [6.07, 6.45) is 0.445. The SMILES string of the molecule is Cc1cc(CN2CCN(C(=O)CC(C)C)[C@@H]3CS(=O)(=O)C[C@@H]32)ccc1F. The minimum Gasteiger partial charge on any atom is -0.336 e. The van der Waals surface area contributed by atoms with Gasteiger partial charge in [0.15, 0.2) is 9.84 Å². The van der Waals surface area contributed by atoms with Crippen LogP contribution in [0.3, 0.4) is 0 Å². The molecule has 7 heteroatoms. The smallest absolute Gasteiger partial charge is 0.223 e. The Balaban J connectivity index is 1.80. The number of carbonyl (C=O) groups excluding carboxylic acids is 1. The molecule has 5 nitrogen and oxygen atoms in total. The van der Waals surface area contributed by atoms with Gasteiger partial charge in [-0.05, 0) is 30.0 Å². The van der Waals surface area contributed by atoms with Gasteiger partial charge in [-0.25, -0.2) is 12.8 Å². The number of piperazine rings is 1. The number of amides is 1. The molecule has 26 heavy (non-hydrogen) atoms. The van der Waals surface area contributed by atoms with Crippen molar-refractivity contribution in [3.8, 4) is 0 Å². The first-order valence-electron chi connectivity index (χ1n) is 9.15. The molecule has 1 aromatic carbocycles. The number of halogens is 1. The van der Waals surface area contributed by atoms with Crippen LogP contribution >= 0.6 is 0 Å². The zero-order valence-electron chi connectivity index (χ0n) is 15.6. The number of sulfone groups is 1. The normalized spacial score (nSPS) is 25.5. The minimum atomic E-state index is -3.16. The van der Waals surface area contributed by atoms with E-state index in [9.17, 15) is 17.6 Å². The fourth-order valence-electron chi connectivity index (χ4n) is 4.04. The summed E-state index contributed by atoms with van der Waals surface area (Å²) in [5, 5.41) is 0. The monoisotopic (exact) mass is 382 g/mol. The lowest BCUT2D eigenvalue weighted by atomic mass is 10.0. The van der Waals surface area contributed by atoms with Gasteiger partial charge >= 0.3 is 0 Å². The minimum absolute atomic E-state index is 0.0421. The van der Waals surface area contributed by atoms with Crippen LogP contribution in [0.4, 0.5) is 4.39 Å². The number of benzene rings is 1. The van der Waals surface area contributed by atoms with E-state index >= 15 is 0 Å². The third-order valence-electron chi connectivity index (χ3n) is 5.30. The highest BCUT2D eigenvalue weighted by atomic mass is 32.2. The molecule has 2 atom stereocenters. The van der Waals surface area contributed by atoms with Crippen LogP contribution in [0.15, 0.2) is 18.2 Å². The fourth-order valence-corrected chi connectivity index (χ4v) is 6.05. The summed E-state index contributed by atoms with van der Waals surface area (Å²) in [6.45, 7) is 7.47. The first-order chi connectivity index (χ1) is 12.2. The van der Waals surface area contributed by atoms with Gasteiger partial charge in [0, 0.05) is 32.1 Å². The summed E-state index contributed by atoms with van der Waals surface area (Å²) in [6, 6.07) is 4.55. The molecule has 1 aromatic rings. The van der Waals surface area contributed by atoms with Crippen LogP contribution in [0, 0.1) is 18.7 Å². The van der Waals surface area contributed by atoms with Gasteiger partial charge in [-0.1, -0.05) is 26.0 Å². The Morgan fingerprint density at radius 3 is 2.58 bits per heavy atom. The van der Waals surface area contributed by atoms with E-state index in [1.54, 1.807) is 17.9 Å². The standard InChI is InChI=1S/C19H27FN2O3S/c1-13(2)8-19(23)22-7-6-21(17-11-26(24,25)12-18(17)22)10-15-4-5-16(20)14(3)9-15/h4-5,9,13,17-18H,6-8,10-12H2,1-3H3/t17-,18+/m0/s1. The molecular weight excluding hydrogens is 355 g/mol. The van der Waals surface area contributed by atoms with Crippen molar-refractivity contribution in [3.63, 3.8) is 0 Å². The van der Waals surface area contributed by atoms with Crippen molar-refractivity contribution in [1.82, 2.24) is 9.80 Å². The van der Waals surface area contributed by atoms with E-state index in [0.29, 0.717) is 31.6 Å². The van der Waals surface area contributed by atoms with Crippen LogP contribution in [-0.2, 0) is 21.2 Å². The second-order valence-electron chi connectivity index (χ2n) is 7.95. The van der Waals surface area contributed by atoms with E-state index in [2.05, 4.69) is 4.90 Å². The van der Waals surface area contributed by atoms with E-state index in [-0.39, 0.29) is 41.2 Å². The zero-order valence-corrected chi connectivity index (χ0v) is 16.4. The Hall–Kier alpha value is -1.47. The first-order valence-corrected chi connectivity index (χ1v) is 11.0. The Bertz CT molecular complexity index is 794. The second-order valence-corrected chi connectivity index (χ2v) is 10.1. The number of hydrogen-bond acceptors (Lipinski definition) is 4. The summed E-state index contributed by atoms with van der Waals surface area (Å²) < 4.78 is 38.0. The van der Waals surface area contributed by atoms with E-state index in [1.165, 1.54) is 6.07 Å². The third-order valence-corrected chi connectivity index (χ3v) is 7.00. The Morgan fingerprint density at radius 2 is 1.92 bits per heavy atom. The van der Waals surface area contributed by atoms with Gasteiger partial charge in [0.1, 0.15) is 5.82 Å². The van der Waals surface area contributed by atoms with E-state index < -0.39 is 9.84 Å². The largest absolute Gasteiger partial charge is 0.336 e. The van der Waals surface area contributed by atoms with Gasteiger partial charge in [-0.2, -0.15) is 0 Å². The van der Waals surface area contributed by atoms with Crippen LogP contribution in [0.5, 0.6) is 0 Å². The molecule has 0 saturated carbocycles. The second kappa shape index (κ2) is 7.27. The predicted octanol–water partition coefficient (Wildman–Crippen LogP) is 1.99. The van der Waals surface area contributed by atoms with Crippen molar-refractivity contribution in [1.29, 1.82) is 0 Å². The zero-order chi connectivity index (χ0) is 19.1. The molecule has 0 unspecified atom stereocenters. The average Bonchev–Trinajstić information content (AvgIpc) is 2.85. The number of rotatable bonds is 4. The van der Waals surface area contributed by atoms with Crippen molar-refractivity contribution in [2.75, 3.05) is 24.6 Å². The third kappa shape index (κ3) is 4.09. The van der Waals surface area contributed by atoms with Gasteiger partial charge in [0.25, 0.3) is 0 Å². The molecule has 0 aliphatic carbocycles. The number of aryl methyl sites for hydroxylation is 1. The molecule has 0 radical (unpaired) electrons. The van der Waals surface area contributed by atoms with Crippen molar-refractivity contribution in [2.24, 2.45) is 5.92 Å². The maximum absolute atomic E-state index is 13.5. The van der Waals surface area contributed by atoms with E-state index in [0.717, 1.165) is 5.56 Å². The Labute approximate surface area is 155 Å². The van der Waals surface area contributed by atoms with Crippen LogP contribution < -0.4 is 0 Å². The fraction of sp³-hybridized carbons (Fsp3) is 0.632. The highest BCUT2D eigenvalue weighted by Gasteiger charge is 2.47. The van der Waals surface area contributed by atoms with Crippen molar-refractivity contribution < 1.29 is 17.6 Å². The highest BCUT2D eigenvalue weighted by molar-refractivity contribution is 7.91. The van der Waals surface area contributed by atoms with Gasteiger partial charge in [-0.15, -0.1) is 0 Å². The quantitative estimate of drug-likeness (QED) is 0.799. The van der Waals surface area contributed by atoms with Crippen LogP contribution in [0.2, 0.25) is 0 Å². The molecule has 0 bridgehead atoms. The highest BCUT2D eigenvalue weighted by Crippen LogP contribution is 2.29. The van der Waals surface area contributed by atoms with Gasteiger partial charge in [-0.3, -0.25) is 9.69 Å². The van der Waals surface area contributed by atoms with E-state index in [4.69, 9.17) is 0 Å². The summed E-state index contributed by atoms with van der Waals surface area (Å²) in [4.78, 5) is 16.5. The Morgan fingerprint density at radius 1 is 1.23 bits per heavy atom. The molecule has 3 rings (SSSR count). The molecule has 2 fully saturated rings. The molecule has 2 aliphatic heterocycles. The van der Waals surface area contributed by atoms with Crippen LogP contribution in [-0.4, -0.2) is 60.8 Å². The molecule has 1 amide bonds. The van der Waals surface area contributed by atoms with Gasteiger partial charge in [0.05, 0.1) is 17.5 Å². The summed E-state index contributed by atoms with van der Waals surface area (Å²) in [7, 11) is -3.16. The molecule has 0 N–H and O–H groups in total. The molecule has 2 saturated heterocycles. The lowest BCUT2D eigenvalue weighted by Gasteiger charge is -2.44. The predicted molar refractivity (Wildman–Crippen MR) is 98.9 cm³/mol. The van der Waals surface area contributed by atoms with Crippen LogP contribution in [0.25, 0.3) is 0 Å². The molecular formula is C19H27FN2O3S. The first kappa shape index (κ1) is 19.3. The van der Waals surface area contributed by atoms with Crippen molar-refractivity contribution in [2.45, 2.75) is 45.8 Å². The maximum Gasteiger partial charge on any atom is 0.223 e. The van der Waals surface area contributed by atoms with Gasteiger partial charge in [0.2, 0.25) is 5.91 Å². The van der Waals surface area contributed by atoms with Crippen LogP contribution in [0.1, 0.15) is 31.4 Å². The molecule has 2 heterocycles. The number of hydrogen-bond donors (Lipinski definition) is 0. The summed E-state index contributed by atoms with van der Waals surface area (Å²) >= 11 is 0. The number of fused-ring (bicyclic) bond motifs is 1. The molecule has 0 aromatic heterocycles. The molecule has 2 aliphatic rings. The van der Waals surface area contributed by atoms with Crippen molar-refractivity contribution >= 4 is 15.7 Å². The summed E-state index contributed by atoms with van der Waals surface area (Å²) in [5.41, 5.74) is 1.55. The van der Waals surface area contributed by atoms with Crippen molar-refractivity contribution in [3.05, 3.63) is 35.1 Å². The Kier molecular flexibility index (Phi) is 5.40. The average molecular weight is 383 g/mol. The lowest BCUT2D eigenvalue weighted by molar-refractivity contribution is -0.137. The molecule has 144 valence electrons. The maximum atomic E-state index is 13.5. The van der Waals surface area contributed by atoms with E-state index in [1.807, 2.05) is 19.9 Å². The topological polar surface area (TPSA) is 57.7 Å². The number of carbonyl (C=O) groups is 1. The molecule has 0 spiro atoms.